The molecule has 0 aliphatic rings. The van der Waals surface area contributed by atoms with Crippen molar-refractivity contribution in [3.63, 3.8) is 0 Å². The van der Waals surface area contributed by atoms with Gasteiger partial charge in [-0.25, -0.2) is 4.98 Å². The lowest BCUT2D eigenvalue weighted by Crippen LogP contribution is -2.03. The van der Waals surface area contributed by atoms with E-state index in [9.17, 15) is 0 Å². The summed E-state index contributed by atoms with van der Waals surface area (Å²) in [6.07, 6.45) is 0. The quantitative estimate of drug-likeness (QED) is 0.864. The highest BCUT2D eigenvalue weighted by Gasteiger charge is 2.04. The number of aryl methyl sites for hydroxylation is 1. The SMILES string of the molecule is CCOc1ccc(Nc2cccc(C)n2)cc1CN. The second-order valence-electron chi connectivity index (χ2n) is 4.25. The summed E-state index contributed by atoms with van der Waals surface area (Å²) in [4.78, 5) is 4.41. The summed E-state index contributed by atoms with van der Waals surface area (Å²) in [5, 5.41) is 3.27. The molecule has 0 saturated carbocycles. The van der Waals surface area contributed by atoms with Crippen LogP contribution in [0.3, 0.4) is 0 Å². The lowest BCUT2D eigenvalue weighted by Gasteiger charge is -2.12. The van der Waals surface area contributed by atoms with Crippen LogP contribution in [0, 0.1) is 6.92 Å². The molecule has 1 aromatic carbocycles. The molecule has 19 heavy (non-hydrogen) atoms. The van der Waals surface area contributed by atoms with Gasteiger partial charge in [0, 0.05) is 23.5 Å². The Hall–Kier alpha value is -2.07. The Bertz CT molecular complexity index is 555. The van der Waals surface area contributed by atoms with Gasteiger partial charge < -0.3 is 15.8 Å². The second-order valence-corrected chi connectivity index (χ2v) is 4.25. The Morgan fingerprint density at radius 1 is 1.26 bits per heavy atom. The molecule has 0 spiro atoms. The first kappa shape index (κ1) is 13.4. The van der Waals surface area contributed by atoms with E-state index >= 15 is 0 Å². The first-order valence-corrected chi connectivity index (χ1v) is 6.39. The molecule has 3 N–H and O–H groups in total. The monoisotopic (exact) mass is 257 g/mol. The van der Waals surface area contributed by atoms with Gasteiger partial charge in [0.25, 0.3) is 0 Å². The molecule has 1 heterocycles. The molecule has 0 saturated heterocycles. The molecule has 0 atom stereocenters. The maximum Gasteiger partial charge on any atom is 0.130 e. The molecule has 4 heteroatoms. The predicted octanol–water partition coefficient (Wildman–Crippen LogP) is 2.99. The van der Waals surface area contributed by atoms with Crippen LogP contribution in [-0.2, 0) is 6.54 Å². The first-order valence-electron chi connectivity index (χ1n) is 6.39. The van der Waals surface area contributed by atoms with E-state index in [1.165, 1.54) is 0 Å². The summed E-state index contributed by atoms with van der Waals surface area (Å²) in [7, 11) is 0. The number of nitrogens with one attached hydrogen (secondary N) is 1. The zero-order valence-corrected chi connectivity index (χ0v) is 11.3. The van der Waals surface area contributed by atoms with E-state index in [4.69, 9.17) is 10.5 Å². The molecule has 2 rings (SSSR count). The van der Waals surface area contributed by atoms with Crippen molar-refractivity contribution in [1.82, 2.24) is 4.98 Å². The van der Waals surface area contributed by atoms with E-state index < -0.39 is 0 Å². The van der Waals surface area contributed by atoms with Crippen molar-refractivity contribution >= 4 is 11.5 Å². The number of nitrogens with zero attached hydrogens (tertiary/aromatic N) is 1. The van der Waals surface area contributed by atoms with E-state index in [1.54, 1.807) is 0 Å². The summed E-state index contributed by atoms with van der Waals surface area (Å²) in [6.45, 7) is 5.02. The zero-order valence-electron chi connectivity index (χ0n) is 11.3. The van der Waals surface area contributed by atoms with Gasteiger partial charge in [0.2, 0.25) is 0 Å². The van der Waals surface area contributed by atoms with Crippen molar-refractivity contribution in [2.75, 3.05) is 11.9 Å². The Morgan fingerprint density at radius 2 is 2.11 bits per heavy atom. The average molecular weight is 257 g/mol. The maximum absolute atomic E-state index is 5.74. The fourth-order valence-electron chi connectivity index (χ4n) is 1.87. The second kappa shape index (κ2) is 6.20. The third-order valence-corrected chi connectivity index (χ3v) is 2.74. The molecule has 1 aromatic heterocycles. The van der Waals surface area contributed by atoms with Crippen molar-refractivity contribution in [1.29, 1.82) is 0 Å². The van der Waals surface area contributed by atoms with E-state index in [0.29, 0.717) is 13.2 Å². The standard InChI is InChI=1S/C15H19N3O/c1-3-19-14-8-7-13(9-12(14)10-16)18-15-6-4-5-11(2)17-15/h4-9H,3,10,16H2,1-2H3,(H,17,18). The first-order chi connectivity index (χ1) is 9.22. The van der Waals surface area contributed by atoms with Crippen LogP contribution in [0.15, 0.2) is 36.4 Å². The van der Waals surface area contributed by atoms with Gasteiger partial charge in [0.1, 0.15) is 11.6 Å². The van der Waals surface area contributed by atoms with Gasteiger partial charge in [-0.2, -0.15) is 0 Å². The Kier molecular flexibility index (Phi) is 4.36. The van der Waals surface area contributed by atoms with Crippen LogP contribution in [0.25, 0.3) is 0 Å². The minimum atomic E-state index is 0.450. The summed E-state index contributed by atoms with van der Waals surface area (Å²) in [5.41, 5.74) is 8.67. The molecule has 0 amide bonds. The van der Waals surface area contributed by atoms with Gasteiger partial charge >= 0.3 is 0 Å². The van der Waals surface area contributed by atoms with Crippen molar-refractivity contribution in [3.05, 3.63) is 47.7 Å². The molecule has 0 radical (unpaired) electrons. The smallest absolute Gasteiger partial charge is 0.130 e. The lowest BCUT2D eigenvalue weighted by atomic mass is 10.1. The van der Waals surface area contributed by atoms with Crippen LogP contribution in [0.1, 0.15) is 18.2 Å². The number of nitrogens with two attached hydrogens (primary N) is 1. The van der Waals surface area contributed by atoms with Gasteiger partial charge in [-0.05, 0) is 44.2 Å². The van der Waals surface area contributed by atoms with Crippen molar-refractivity contribution in [3.8, 4) is 5.75 Å². The highest BCUT2D eigenvalue weighted by molar-refractivity contribution is 5.59. The molecule has 4 nitrogen and oxygen atoms in total. The molecule has 100 valence electrons. The Labute approximate surface area is 113 Å². The number of rotatable bonds is 5. The molecule has 0 aliphatic heterocycles. The Morgan fingerprint density at radius 3 is 2.79 bits per heavy atom. The molecule has 2 aromatic rings. The van der Waals surface area contributed by atoms with Crippen LogP contribution in [0.4, 0.5) is 11.5 Å². The molecule has 0 bridgehead atoms. The summed E-state index contributed by atoms with van der Waals surface area (Å²) >= 11 is 0. The normalized spacial score (nSPS) is 10.3. The number of pyridine rings is 1. The van der Waals surface area contributed by atoms with Crippen LogP contribution in [-0.4, -0.2) is 11.6 Å². The summed E-state index contributed by atoms with van der Waals surface area (Å²) in [5.74, 6) is 1.67. The number of aromatic nitrogens is 1. The number of ether oxygens (including phenoxy) is 1. The van der Waals surface area contributed by atoms with Crippen molar-refractivity contribution in [2.45, 2.75) is 20.4 Å². The highest BCUT2D eigenvalue weighted by atomic mass is 16.5. The Balaban J connectivity index is 2.21. The fraction of sp³-hybridized carbons (Fsp3) is 0.267. The number of benzene rings is 1. The number of hydrogen-bond acceptors (Lipinski definition) is 4. The van der Waals surface area contributed by atoms with Crippen LogP contribution in [0.5, 0.6) is 5.75 Å². The minimum Gasteiger partial charge on any atom is -0.494 e. The molecule has 0 unspecified atom stereocenters. The number of hydrogen-bond donors (Lipinski definition) is 2. The van der Waals surface area contributed by atoms with E-state index in [1.807, 2.05) is 50.2 Å². The predicted molar refractivity (Wildman–Crippen MR) is 77.8 cm³/mol. The van der Waals surface area contributed by atoms with E-state index in [0.717, 1.165) is 28.5 Å². The minimum absolute atomic E-state index is 0.450. The van der Waals surface area contributed by atoms with Gasteiger partial charge in [0.15, 0.2) is 0 Å². The highest BCUT2D eigenvalue weighted by Crippen LogP contribution is 2.24. The third kappa shape index (κ3) is 3.45. The van der Waals surface area contributed by atoms with E-state index in [-0.39, 0.29) is 0 Å². The largest absolute Gasteiger partial charge is 0.494 e. The summed E-state index contributed by atoms with van der Waals surface area (Å²) in [6, 6.07) is 11.8. The van der Waals surface area contributed by atoms with Gasteiger partial charge in [-0.15, -0.1) is 0 Å². The fourth-order valence-corrected chi connectivity index (χ4v) is 1.87. The van der Waals surface area contributed by atoms with Crippen LogP contribution < -0.4 is 15.8 Å². The van der Waals surface area contributed by atoms with Gasteiger partial charge in [0.05, 0.1) is 6.61 Å². The third-order valence-electron chi connectivity index (χ3n) is 2.74. The zero-order chi connectivity index (χ0) is 13.7. The van der Waals surface area contributed by atoms with Crippen LogP contribution >= 0.6 is 0 Å². The molecule has 0 aliphatic carbocycles. The topological polar surface area (TPSA) is 60.2 Å². The van der Waals surface area contributed by atoms with Crippen molar-refractivity contribution < 1.29 is 4.74 Å². The molecular formula is C15H19N3O. The maximum atomic E-state index is 5.74. The number of anilines is 2. The van der Waals surface area contributed by atoms with Gasteiger partial charge in [-0.1, -0.05) is 6.07 Å². The lowest BCUT2D eigenvalue weighted by molar-refractivity contribution is 0.336. The van der Waals surface area contributed by atoms with Gasteiger partial charge in [-0.3, -0.25) is 0 Å². The average Bonchev–Trinajstić information content (AvgIpc) is 2.41. The van der Waals surface area contributed by atoms with Crippen molar-refractivity contribution in [2.24, 2.45) is 5.73 Å². The molecular weight excluding hydrogens is 238 g/mol. The molecule has 0 fully saturated rings. The van der Waals surface area contributed by atoms with Crippen LogP contribution in [0.2, 0.25) is 0 Å². The van der Waals surface area contributed by atoms with E-state index in [2.05, 4.69) is 10.3 Å². The summed E-state index contributed by atoms with van der Waals surface area (Å²) < 4.78 is 5.53.